The predicted octanol–water partition coefficient (Wildman–Crippen LogP) is 4.79. The van der Waals surface area contributed by atoms with Gasteiger partial charge in [0.15, 0.2) is 0 Å². The second-order valence-electron chi connectivity index (χ2n) is 7.37. The van der Waals surface area contributed by atoms with Gasteiger partial charge in [-0.2, -0.15) is 0 Å². The molecule has 0 spiro atoms. The van der Waals surface area contributed by atoms with Crippen LogP contribution in [-0.2, 0) is 22.4 Å². The third kappa shape index (κ3) is 3.24. The van der Waals surface area contributed by atoms with Gasteiger partial charge in [0.05, 0.1) is 5.57 Å². The normalized spacial score (nSPS) is 16.0. The lowest BCUT2D eigenvalue weighted by Gasteiger charge is -2.21. The minimum absolute atomic E-state index is 0.212. The predicted molar refractivity (Wildman–Crippen MR) is 121 cm³/mol. The zero-order chi connectivity index (χ0) is 20.7. The number of para-hydroxylation sites is 1. The van der Waals surface area contributed by atoms with E-state index in [9.17, 15) is 9.59 Å². The minimum Gasteiger partial charge on any atom is -0.336 e. The summed E-state index contributed by atoms with van der Waals surface area (Å²) in [7, 11) is 0. The first-order chi connectivity index (χ1) is 14.6. The molecule has 2 aliphatic rings. The average molecular weight is 435 g/mol. The van der Waals surface area contributed by atoms with Crippen LogP contribution in [0.2, 0.25) is 5.02 Å². The SMILES string of the molecule is O=C1C(c2cccs2)=C(N2CCc3ccccc32)C(=O)N1CCc1ccc(Cl)cc1. The molecule has 1 aromatic heterocycles. The van der Waals surface area contributed by atoms with Gasteiger partial charge in [0.1, 0.15) is 5.70 Å². The van der Waals surface area contributed by atoms with Crippen molar-refractivity contribution in [2.24, 2.45) is 0 Å². The van der Waals surface area contributed by atoms with Crippen LogP contribution >= 0.6 is 22.9 Å². The summed E-state index contributed by atoms with van der Waals surface area (Å²) in [5.74, 6) is -0.426. The lowest BCUT2D eigenvalue weighted by molar-refractivity contribution is -0.136. The van der Waals surface area contributed by atoms with Crippen LogP contribution in [0.1, 0.15) is 16.0 Å². The van der Waals surface area contributed by atoms with Crippen molar-refractivity contribution in [2.75, 3.05) is 18.0 Å². The second-order valence-corrected chi connectivity index (χ2v) is 8.75. The van der Waals surface area contributed by atoms with E-state index in [2.05, 4.69) is 6.07 Å². The Hall–Kier alpha value is -2.89. The highest BCUT2D eigenvalue weighted by Crippen LogP contribution is 2.39. The van der Waals surface area contributed by atoms with E-state index in [4.69, 9.17) is 11.6 Å². The van der Waals surface area contributed by atoms with Crippen LogP contribution in [0.5, 0.6) is 0 Å². The van der Waals surface area contributed by atoms with E-state index >= 15 is 0 Å². The molecular formula is C24H19ClN2O2S. The number of halogens is 1. The molecule has 0 bridgehead atoms. The molecule has 150 valence electrons. The summed E-state index contributed by atoms with van der Waals surface area (Å²) in [6, 6.07) is 19.4. The molecule has 6 heteroatoms. The van der Waals surface area contributed by atoms with E-state index in [-0.39, 0.29) is 11.8 Å². The quantitative estimate of drug-likeness (QED) is 0.542. The van der Waals surface area contributed by atoms with E-state index in [0.29, 0.717) is 35.8 Å². The molecule has 2 aliphatic heterocycles. The van der Waals surface area contributed by atoms with Crippen molar-refractivity contribution in [2.45, 2.75) is 12.8 Å². The number of thiophene rings is 1. The zero-order valence-corrected chi connectivity index (χ0v) is 17.7. The average Bonchev–Trinajstić information content (AvgIpc) is 3.47. The van der Waals surface area contributed by atoms with Crippen molar-refractivity contribution in [1.29, 1.82) is 0 Å². The van der Waals surface area contributed by atoms with Gasteiger partial charge in [-0.05, 0) is 53.6 Å². The molecule has 0 N–H and O–H groups in total. The van der Waals surface area contributed by atoms with Crippen LogP contribution in [0.4, 0.5) is 5.69 Å². The Morgan fingerprint density at radius 1 is 0.933 bits per heavy atom. The Labute approximate surface area is 184 Å². The molecule has 0 atom stereocenters. The number of carbonyl (C=O) groups is 2. The van der Waals surface area contributed by atoms with Crippen LogP contribution in [-0.4, -0.2) is 29.8 Å². The number of carbonyl (C=O) groups excluding carboxylic acids is 2. The topological polar surface area (TPSA) is 40.6 Å². The summed E-state index contributed by atoms with van der Waals surface area (Å²) >= 11 is 7.45. The van der Waals surface area contributed by atoms with E-state index in [1.165, 1.54) is 21.8 Å². The van der Waals surface area contributed by atoms with E-state index < -0.39 is 0 Å². The summed E-state index contributed by atoms with van der Waals surface area (Å²) in [6.45, 7) is 1.04. The second kappa shape index (κ2) is 7.74. The molecule has 0 radical (unpaired) electrons. The van der Waals surface area contributed by atoms with Crippen LogP contribution in [0.25, 0.3) is 5.57 Å². The maximum Gasteiger partial charge on any atom is 0.278 e. The third-order valence-electron chi connectivity index (χ3n) is 5.61. The van der Waals surface area contributed by atoms with Crippen molar-refractivity contribution in [1.82, 2.24) is 4.90 Å². The van der Waals surface area contributed by atoms with Crippen LogP contribution < -0.4 is 4.90 Å². The number of fused-ring (bicyclic) bond motifs is 1. The van der Waals surface area contributed by atoms with Gasteiger partial charge < -0.3 is 4.90 Å². The van der Waals surface area contributed by atoms with Gasteiger partial charge in [-0.1, -0.05) is 48.0 Å². The fraction of sp³-hybridized carbons (Fsp3) is 0.167. The number of rotatable bonds is 5. The largest absolute Gasteiger partial charge is 0.336 e. The smallest absolute Gasteiger partial charge is 0.278 e. The maximum absolute atomic E-state index is 13.5. The van der Waals surface area contributed by atoms with Crippen molar-refractivity contribution < 1.29 is 9.59 Å². The monoisotopic (exact) mass is 434 g/mol. The lowest BCUT2D eigenvalue weighted by atomic mass is 10.1. The molecular weight excluding hydrogens is 416 g/mol. The number of benzene rings is 2. The van der Waals surface area contributed by atoms with E-state index in [1.54, 1.807) is 0 Å². The first-order valence-corrected chi connectivity index (χ1v) is 11.1. The molecule has 30 heavy (non-hydrogen) atoms. The van der Waals surface area contributed by atoms with Gasteiger partial charge in [-0.25, -0.2) is 0 Å². The summed E-state index contributed by atoms with van der Waals surface area (Å²) in [5, 5.41) is 2.61. The number of anilines is 1. The Bertz CT molecular complexity index is 1150. The Morgan fingerprint density at radius 2 is 1.73 bits per heavy atom. The Morgan fingerprint density at radius 3 is 2.50 bits per heavy atom. The number of amides is 2. The molecule has 3 aromatic rings. The van der Waals surface area contributed by atoms with Gasteiger partial charge in [-0.3, -0.25) is 14.5 Å². The molecule has 2 aromatic carbocycles. The molecule has 3 heterocycles. The van der Waals surface area contributed by atoms with Crippen LogP contribution in [0.15, 0.2) is 71.7 Å². The van der Waals surface area contributed by atoms with Crippen LogP contribution in [0.3, 0.4) is 0 Å². The zero-order valence-electron chi connectivity index (χ0n) is 16.2. The maximum atomic E-state index is 13.5. The molecule has 4 nitrogen and oxygen atoms in total. The highest BCUT2D eigenvalue weighted by atomic mass is 35.5. The minimum atomic E-state index is -0.214. The molecule has 0 aliphatic carbocycles. The molecule has 2 amide bonds. The van der Waals surface area contributed by atoms with E-state index in [0.717, 1.165) is 22.5 Å². The molecule has 0 saturated heterocycles. The summed E-state index contributed by atoms with van der Waals surface area (Å²) in [4.78, 5) is 31.1. The number of hydrogen-bond acceptors (Lipinski definition) is 4. The number of hydrogen-bond donors (Lipinski definition) is 0. The Kier molecular flexibility index (Phi) is 4.93. The summed E-state index contributed by atoms with van der Waals surface area (Å²) < 4.78 is 0. The molecule has 0 saturated carbocycles. The highest BCUT2D eigenvalue weighted by molar-refractivity contribution is 7.11. The van der Waals surface area contributed by atoms with Crippen molar-refractivity contribution in [3.8, 4) is 0 Å². The van der Waals surface area contributed by atoms with Gasteiger partial charge in [0.2, 0.25) is 0 Å². The lowest BCUT2D eigenvalue weighted by Crippen LogP contribution is -2.36. The summed E-state index contributed by atoms with van der Waals surface area (Å²) in [6.07, 6.45) is 1.46. The van der Waals surface area contributed by atoms with Crippen LogP contribution in [0, 0.1) is 0 Å². The van der Waals surface area contributed by atoms with Crippen molar-refractivity contribution >= 4 is 46.0 Å². The fourth-order valence-corrected chi connectivity index (χ4v) is 5.01. The van der Waals surface area contributed by atoms with Gasteiger partial charge in [0.25, 0.3) is 11.8 Å². The highest BCUT2D eigenvalue weighted by Gasteiger charge is 2.43. The van der Waals surface area contributed by atoms with Gasteiger partial charge in [0, 0.05) is 28.7 Å². The van der Waals surface area contributed by atoms with Gasteiger partial charge in [-0.15, -0.1) is 11.3 Å². The van der Waals surface area contributed by atoms with Crippen molar-refractivity contribution in [3.05, 3.63) is 92.8 Å². The fourth-order valence-electron chi connectivity index (χ4n) is 4.12. The number of nitrogens with zero attached hydrogens (tertiary/aromatic N) is 2. The van der Waals surface area contributed by atoms with E-state index in [1.807, 2.05) is 64.9 Å². The molecule has 5 rings (SSSR count). The Balaban J connectivity index is 1.49. The first kappa shape index (κ1) is 19.1. The van der Waals surface area contributed by atoms with Crippen molar-refractivity contribution in [3.63, 3.8) is 0 Å². The first-order valence-electron chi connectivity index (χ1n) is 9.88. The number of imide groups is 1. The standard InChI is InChI=1S/C24H19ClN2O2S/c25-18-9-7-16(8-10-18)11-13-27-23(28)21(20-6-3-15-30-20)22(24(27)29)26-14-12-17-4-1-2-5-19(17)26/h1-10,15H,11-14H2. The third-order valence-corrected chi connectivity index (χ3v) is 6.74. The molecule has 0 unspecified atom stereocenters. The molecule has 0 fully saturated rings. The van der Waals surface area contributed by atoms with Gasteiger partial charge >= 0.3 is 0 Å². The summed E-state index contributed by atoms with van der Waals surface area (Å²) in [5.41, 5.74) is 4.28.